The highest BCUT2D eigenvalue weighted by molar-refractivity contribution is 5.98. The molecule has 0 aliphatic carbocycles. The third kappa shape index (κ3) is 7.30. The lowest BCUT2D eigenvalue weighted by Gasteiger charge is -2.34. The average molecular weight is 749 g/mol. The third-order valence-corrected chi connectivity index (χ3v) is 10.4. The van der Waals surface area contributed by atoms with E-state index in [0.717, 1.165) is 63.0 Å². The molecule has 0 radical (unpaired) electrons. The van der Waals surface area contributed by atoms with Crippen molar-refractivity contribution in [3.05, 3.63) is 203 Å². The standard InChI is InChI=1S/C49H44N6O2/c1-3-5-34-54-46(38-20-10-6-11-21-38)45(48(56)57-4-2)44(51-54)35-36-30-32-37(33-31-36)42-28-18-19-29-43(42)47-50-53-55(52-47)49(39-22-12-7-13-23-39,40-24-14-8-15-25-40)41-26-16-9-17-27-41/h6-33H,3-5,34-35H2,1-2H3. The number of unbranched alkanes of at least 4 members (excludes halogenated alkanes) is 1. The van der Waals surface area contributed by atoms with E-state index in [-0.39, 0.29) is 12.6 Å². The zero-order chi connectivity index (χ0) is 39.0. The molecule has 0 saturated carbocycles. The SMILES string of the molecule is CCCCn1nc(Cc2ccc(-c3ccccc3-c3nnn(C(c4ccccc4)(c4ccccc4)c4ccccc4)n3)cc2)c(C(=O)OCC)c1-c1ccccc1. The fraction of sp³-hybridized carbons (Fsp3) is 0.163. The van der Waals surface area contributed by atoms with Crippen molar-refractivity contribution >= 4 is 5.97 Å². The average Bonchev–Trinajstić information content (AvgIpc) is 3.91. The first-order valence-corrected chi connectivity index (χ1v) is 19.6. The lowest BCUT2D eigenvalue weighted by atomic mass is 9.77. The van der Waals surface area contributed by atoms with Crippen LogP contribution in [0.1, 0.15) is 65.0 Å². The van der Waals surface area contributed by atoms with Crippen LogP contribution in [0.25, 0.3) is 33.8 Å². The minimum Gasteiger partial charge on any atom is -0.462 e. The predicted molar refractivity (Wildman–Crippen MR) is 225 cm³/mol. The van der Waals surface area contributed by atoms with Gasteiger partial charge in [-0.2, -0.15) is 5.10 Å². The highest BCUT2D eigenvalue weighted by atomic mass is 16.5. The van der Waals surface area contributed by atoms with Crippen molar-refractivity contribution in [1.29, 1.82) is 0 Å². The molecule has 0 N–H and O–H groups in total. The Kier molecular flexibility index (Phi) is 10.9. The van der Waals surface area contributed by atoms with Crippen molar-refractivity contribution in [3.63, 3.8) is 0 Å². The summed E-state index contributed by atoms with van der Waals surface area (Å²) < 4.78 is 7.58. The number of carbonyl (C=O) groups excluding carboxylic acids is 1. The molecule has 0 fully saturated rings. The van der Waals surface area contributed by atoms with Gasteiger partial charge in [0.25, 0.3) is 0 Å². The molecule has 0 aliphatic rings. The van der Waals surface area contributed by atoms with Crippen LogP contribution in [0.2, 0.25) is 0 Å². The van der Waals surface area contributed by atoms with E-state index < -0.39 is 5.54 Å². The Bertz CT molecular complexity index is 2450. The molecule has 0 bridgehead atoms. The summed E-state index contributed by atoms with van der Waals surface area (Å²) in [6.45, 7) is 4.99. The van der Waals surface area contributed by atoms with Gasteiger partial charge in [-0.25, -0.2) is 4.79 Å². The molecule has 0 saturated heterocycles. The Morgan fingerprint density at radius 1 is 0.614 bits per heavy atom. The van der Waals surface area contributed by atoms with Gasteiger partial charge in [0.2, 0.25) is 5.82 Å². The summed E-state index contributed by atoms with van der Waals surface area (Å²) in [6.07, 6.45) is 2.44. The van der Waals surface area contributed by atoms with Crippen LogP contribution in [-0.2, 0) is 23.2 Å². The van der Waals surface area contributed by atoms with Crippen LogP contribution < -0.4 is 0 Å². The fourth-order valence-electron chi connectivity index (χ4n) is 7.69. The maximum atomic E-state index is 13.6. The molecule has 6 aromatic carbocycles. The van der Waals surface area contributed by atoms with Crippen molar-refractivity contribution in [2.24, 2.45) is 0 Å². The molecular formula is C49H44N6O2. The second kappa shape index (κ2) is 16.8. The monoisotopic (exact) mass is 748 g/mol. The van der Waals surface area contributed by atoms with Crippen LogP contribution in [0.4, 0.5) is 0 Å². The van der Waals surface area contributed by atoms with Gasteiger partial charge in [-0.3, -0.25) is 4.68 Å². The number of hydrogen-bond donors (Lipinski definition) is 0. The van der Waals surface area contributed by atoms with E-state index in [9.17, 15) is 4.79 Å². The Labute approximate surface area is 333 Å². The molecule has 0 unspecified atom stereocenters. The molecule has 2 aromatic heterocycles. The molecule has 0 atom stereocenters. The molecule has 8 rings (SSSR count). The Balaban J connectivity index is 1.16. The predicted octanol–water partition coefficient (Wildman–Crippen LogP) is 10.3. The van der Waals surface area contributed by atoms with Gasteiger partial charge in [0, 0.05) is 24.1 Å². The van der Waals surface area contributed by atoms with Crippen LogP contribution >= 0.6 is 0 Å². The van der Waals surface area contributed by atoms with Crippen LogP contribution in [0, 0.1) is 0 Å². The van der Waals surface area contributed by atoms with Crippen molar-refractivity contribution in [1.82, 2.24) is 30.0 Å². The second-order valence-electron chi connectivity index (χ2n) is 14.0. The Hall–Kier alpha value is -6.93. The highest BCUT2D eigenvalue weighted by Crippen LogP contribution is 2.40. The fourth-order valence-corrected chi connectivity index (χ4v) is 7.69. The molecule has 0 aliphatic heterocycles. The summed E-state index contributed by atoms with van der Waals surface area (Å²) in [6, 6.07) is 57.6. The number of ether oxygens (including phenoxy) is 1. The Morgan fingerprint density at radius 3 is 1.72 bits per heavy atom. The molecule has 8 aromatic rings. The van der Waals surface area contributed by atoms with Crippen molar-refractivity contribution in [3.8, 4) is 33.8 Å². The summed E-state index contributed by atoms with van der Waals surface area (Å²) >= 11 is 0. The first-order valence-electron chi connectivity index (χ1n) is 19.6. The van der Waals surface area contributed by atoms with E-state index in [4.69, 9.17) is 25.2 Å². The highest BCUT2D eigenvalue weighted by Gasteiger charge is 2.41. The van der Waals surface area contributed by atoms with Gasteiger partial charge < -0.3 is 4.74 Å². The van der Waals surface area contributed by atoms with E-state index in [1.807, 2.05) is 115 Å². The van der Waals surface area contributed by atoms with Crippen LogP contribution in [-0.4, -0.2) is 42.6 Å². The van der Waals surface area contributed by atoms with E-state index in [2.05, 4.69) is 73.7 Å². The lowest BCUT2D eigenvalue weighted by Crippen LogP contribution is -2.39. The second-order valence-corrected chi connectivity index (χ2v) is 14.0. The smallest absolute Gasteiger partial charge is 0.342 e. The summed E-state index contributed by atoms with van der Waals surface area (Å²) in [5.74, 6) is 0.169. The van der Waals surface area contributed by atoms with Gasteiger partial charge in [0.15, 0.2) is 5.54 Å². The number of tetrazole rings is 1. The molecule has 2 heterocycles. The summed E-state index contributed by atoms with van der Waals surface area (Å²) in [5.41, 5.74) is 9.06. The first-order chi connectivity index (χ1) is 28.1. The molecule has 8 nitrogen and oxygen atoms in total. The van der Waals surface area contributed by atoms with Gasteiger partial charge in [-0.15, -0.1) is 15.0 Å². The minimum atomic E-state index is -0.877. The number of esters is 1. The molecule has 0 spiro atoms. The topological polar surface area (TPSA) is 87.7 Å². The number of nitrogens with zero attached hydrogens (tertiary/aromatic N) is 6. The van der Waals surface area contributed by atoms with Crippen LogP contribution in [0.3, 0.4) is 0 Å². The van der Waals surface area contributed by atoms with Crippen molar-refractivity contribution in [2.75, 3.05) is 6.61 Å². The van der Waals surface area contributed by atoms with E-state index in [1.165, 1.54) is 0 Å². The quantitative estimate of drug-likeness (QED) is 0.0813. The largest absolute Gasteiger partial charge is 0.462 e. The number of carbonyl (C=O) groups is 1. The molecule has 282 valence electrons. The maximum absolute atomic E-state index is 13.6. The maximum Gasteiger partial charge on any atom is 0.342 e. The van der Waals surface area contributed by atoms with Gasteiger partial charge >= 0.3 is 5.97 Å². The van der Waals surface area contributed by atoms with Gasteiger partial charge in [-0.1, -0.05) is 183 Å². The van der Waals surface area contributed by atoms with Crippen LogP contribution in [0.15, 0.2) is 170 Å². The number of hydrogen-bond acceptors (Lipinski definition) is 6. The summed E-state index contributed by atoms with van der Waals surface area (Å²) in [5, 5.41) is 19.7. The Morgan fingerprint density at radius 2 is 1.16 bits per heavy atom. The van der Waals surface area contributed by atoms with E-state index >= 15 is 0 Å². The molecule has 57 heavy (non-hydrogen) atoms. The van der Waals surface area contributed by atoms with Gasteiger partial charge in [0.1, 0.15) is 5.56 Å². The normalized spacial score (nSPS) is 11.4. The lowest BCUT2D eigenvalue weighted by molar-refractivity contribution is 0.0526. The van der Waals surface area contributed by atoms with Gasteiger partial charge in [0.05, 0.1) is 18.0 Å². The van der Waals surface area contributed by atoms with E-state index in [1.54, 1.807) is 4.80 Å². The third-order valence-electron chi connectivity index (χ3n) is 10.4. The molecule has 8 heteroatoms. The molecule has 0 amide bonds. The zero-order valence-electron chi connectivity index (χ0n) is 32.2. The number of aromatic nitrogens is 6. The number of benzene rings is 6. The zero-order valence-corrected chi connectivity index (χ0v) is 32.2. The summed E-state index contributed by atoms with van der Waals surface area (Å²) in [4.78, 5) is 15.3. The van der Waals surface area contributed by atoms with Gasteiger partial charge in [-0.05, 0) is 51.9 Å². The number of rotatable bonds is 14. The van der Waals surface area contributed by atoms with Crippen LogP contribution in [0.5, 0.6) is 0 Å². The van der Waals surface area contributed by atoms with Crippen molar-refractivity contribution in [2.45, 2.75) is 45.2 Å². The first kappa shape index (κ1) is 37.0. The molecular weight excluding hydrogens is 705 g/mol. The van der Waals surface area contributed by atoms with E-state index in [0.29, 0.717) is 30.0 Å². The van der Waals surface area contributed by atoms with Crippen molar-refractivity contribution < 1.29 is 9.53 Å². The minimum absolute atomic E-state index is 0.287. The number of aryl methyl sites for hydroxylation is 1. The summed E-state index contributed by atoms with van der Waals surface area (Å²) in [7, 11) is 0.